The third kappa shape index (κ3) is 6.44. The van der Waals surface area contributed by atoms with Crippen molar-refractivity contribution >= 4 is 12.0 Å². The molecule has 0 aromatic rings. The Morgan fingerprint density at radius 2 is 1.83 bits per heavy atom. The summed E-state index contributed by atoms with van der Waals surface area (Å²) in [6.45, 7) is 9.19. The minimum atomic E-state index is -1.28. The molecular weight excluding hydrogens is 236 g/mol. The molecule has 0 bridgehead atoms. The van der Waals surface area contributed by atoms with E-state index in [1.165, 1.54) is 0 Å². The Labute approximate surface area is 108 Å². The van der Waals surface area contributed by atoms with Gasteiger partial charge in [0.1, 0.15) is 5.60 Å². The summed E-state index contributed by atoms with van der Waals surface area (Å²) in [5.74, 6) is -0.500. The first-order chi connectivity index (χ1) is 8.21. The van der Waals surface area contributed by atoms with E-state index in [1.54, 1.807) is 34.6 Å². The fourth-order valence-electron chi connectivity index (χ4n) is 1.32. The van der Waals surface area contributed by atoms with Gasteiger partial charge in [-0.3, -0.25) is 4.79 Å². The lowest BCUT2D eigenvalue weighted by molar-refractivity contribution is -0.130. The predicted molar refractivity (Wildman–Crippen MR) is 68.1 cm³/mol. The van der Waals surface area contributed by atoms with Crippen molar-refractivity contribution in [2.24, 2.45) is 0 Å². The lowest BCUT2D eigenvalue weighted by Gasteiger charge is -2.25. The predicted octanol–water partition coefficient (Wildman–Crippen LogP) is 0.787. The van der Waals surface area contributed by atoms with Gasteiger partial charge in [0.05, 0.1) is 6.04 Å². The summed E-state index contributed by atoms with van der Waals surface area (Å²) in [6, 6.07) is -0.661. The molecular formula is C12H24N2O4. The Morgan fingerprint density at radius 1 is 1.28 bits per heavy atom. The highest BCUT2D eigenvalue weighted by Gasteiger charge is 2.27. The first kappa shape index (κ1) is 16.7. The van der Waals surface area contributed by atoms with Crippen LogP contribution in [0.1, 0.15) is 41.0 Å². The molecule has 0 aromatic carbocycles. The molecule has 0 aliphatic carbocycles. The smallest absolute Gasteiger partial charge is 0.407 e. The molecule has 3 N–H and O–H groups in total. The van der Waals surface area contributed by atoms with Crippen LogP contribution in [0.15, 0.2) is 0 Å². The summed E-state index contributed by atoms with van der Waals surface area (Å²) >= 11 is 0. The SMILES string of the molecule is CCNC(=O)C(O)[C@H](CC)NC(=O)OC(C)(C)C. The second kappa shape index (κ2) is 7.20. The maximum absolute atomic E-state index is 11.5. The molecule has 0 aliphatic heterocycles. The zero-order chi connectivity index (χ0) is 14.3. The minimum absolute atomic E-state index is 0.428. The molecule has 0 spiro atoms. The van der Waals surface area contributed by atoms with Gasteiger partial charge in [-0.15, -0.1) is 0 Å². The highest BCUT2D eigenvalue weighted by atomic mass is 16.6. The van der Waals surface area contributed by atoms with Crippen LogP contribution in [0.25, 0.3) is 0 Å². The van der Waals surface area contributed by atoms with Crippen LogP contribution in [0.5, 0.6) is 0 Å². The molecule has 0 fully saturated rings. The number of aliphatic hydroxyl groups excluding tert-OH is 1. The number of nitrogens with one attached hydrogen (secondary N) is 2. The Balaban J connectivity index is 4.42. The molecule has 0 radical (unpaired) electrons. The summed E-state index contributed by atoms with van der Waals surface area (Å²) < 4.78 is 5.07. The van der Waals surface area contributed by atoms with Crippen molar-refractivity contribution < 1.29 is 19.4 Å². The molecule has 2 atom stereocenters. The molecule has 0 rings (SSSR count). The highest BCUT2D eigenvalue weighted by Crippen LogP contribution is 2.08. The largest absolute Gasteiger partial charge is 0.444 e. The number of aliphatic hydroxyl groups is 1. The van der Waals surface area contributed by atoms with Gasteiger partial charge in [-0.05, 0) is 34.1 Å². The summed E-state index contributed by atoms with van der Waals surface area (Å²) in [6.07, 6.45) is -1.49. The second-order valence-electron chi connectivity index (χ2n) is 5.00. The van der Waals surface area contributed by atoms with Gasteiger partial charge in [-0.25, -0.2) is 4.79 Å². The number of ether oxygens (including phenoxy) is 1. The van der Waals surface area contributed by atoms with Gasteiger partial charge in [0.25, 0.3) is 5.91 Å². The average Bonchev–Trinajstić information content (AvgIpc) is 2.22. The van der Waals surface area contributed by atoms with Gasteiger partial charge < -0.3 is 20.5 Å². The van der Waals surface area contributed by atoms with Crippen LogP contribution < -0.4 is 10.6 Å². The van der Waals surface area contributed by atoms with Crippen molar-refractivity contribution in [3.8, 4) is 0 Å². The number of rotatable bonds is 5. The molecule has 6 nitrogen and oxygen atoms in total. The fourth-order valence-corrected chi connectivity index (χ4v) is 1.32. The number of amides is 2. The normalized spacial score (nSPS) is 14.6. The quantitative estimate of drug-likeness (QED) is 0.682. The van der Waals surface area contributed by atoms with Crippen molar-refractivity contribution in [3.63, 3.8) is 0 Å². The van der Waals surface area contributed by atoms with E-state index >= 15 is 0 Å². The Morgan fingerprint density at radius 3 is 2.22 bits per heavy atom. The van der Waals surface area contributed by atoms with Crippen LogP contribution in [0.2, 0.25) is 0 Å². The molecule has 0 heterocycles. The van der Waals surface area contributed by atoms with E-state index in [1.807, 2.05) is 0 Å². The Kier molecular flexibility index (Phi) is 6.68. The number of likely N-dealkylation sites (N-methyl/N-ethyl adjacent to an activating group) is 1. The monoisotopic (exact) mass is 260 g/mol. The molecule has 0 saturated carbocycles. The second-order valence-corrected chi connectivity index (χ2v) is 5.00. The summed E-state index contributed by atoms with van der Waals surface area (Å²) in [5, 5.41) is 14.8. The molecule has 6 heteroatoms. The maximum Gasteiger partial charge on any atom is 0.407 e. The van der Waals surface area contributed by atoms with Gasteiger partial charge in [0.15, 0.2) is 6.10 Å². The Bertz CT molecular complexity index is 286. The Hall–Kier alpha value is -1.30. The van der Waals surface area contributed by atoms with Gasteiger partial charge in [-0.2, -0.15) is 0 Å². The van der Waals surface area contributed by atoms with Crippen LogP contribution in [0, 0.1) is 0 Å². The maximum atomic E-state index is 11.5. The zero-order valence-electron chi connectivity index (χ0n) is 11.7. The number of hydrogen-bond acceptors (Lipinski definition) is 4. The van der Waals surface area contributed by atoms with E-state index in [-0.39, 0.29) is 0 Å². The van der Waals surface area contributed by atoms with Crippen LogP contribution in [-0.4, -0.2) is 41.4 Å². The van der Waals surface area contributed by atoms with Crippen molar-refractivity contribution in [2.45, 2.75) is 58.8 Å². The first-order valence-electron chi connectivity index (χ1n) is 6.16. The van der Waals surface area contributed by atoms with Gasteiger partial charge >= 0.3 is 6.09 Å². The molecule has 0 aliphatic rings. The zero-order valence-corrected chi connectivity index (χ0v) is 11.7. The third-order valence-corrected chi connectivity index (χ3v) is 2.14. The summed E-state index contributed by atoms with van der Waals surface area (Å²) in [5.41, 5.74) is -0.612. The van der Waals surface area contributed by atoms with E-state index in [2.05, 4.69) is 10.6 Å². The summed E-state index contributed by atoms with van der Waals surface area (Å²) in [7, 11) is 0. The minimum Gasteiger partial charge on any atom is -0.444 e. The van der Waals surface area contributed by atoms with Crippen molar-refractivity contribution in [1.82, 2.24) is 10.6 Å². The number of alkyl carbamates (subject to hydrolysis) is 1. The van der Waals surface area contributed by atoms with Crippen molar-refractivity contribution in [1.29, 1.82) is 0 Å². The van der Waals surface area contributed by atoms with Crippen LogP contribution in [-0.2, 0) is 9.53 Å². The van der Waals surface area contributed by atoms with Gasteiger partial charge in [-0.1, -0.05) is 6.92 Å². The number of carbonyl (C=O) groups is 2. The lowest BCUT2D eigenvalue weighted by Crippen LogP contribution is -2.51. The van der Waals surface area contributed by atoms with E-state index in [9.17, 15) is 14.7 Å². The lowest BCUT2D eigenvalue weighted by atomic mass is 10.1. The van der Waals surface area contributed by atoms with E-state index in [0.29, 0.717) is 13.0 Å². The standard InChI is InChI=1S/C12H24N2O4/c1-6-8(9(15)10(16)13-7-2)14-11(17)18-12(3,4)5/h8-9,15H,6-7H2,1-5H3,(H,13,16)(H,14,17)/t8-,9?/m0/s1. The first-order valence-corrected chi connectivity index (χ1v) is 6.16. The topological polar surface area (TPSA) is 87.7 Å². The van der Waals surface area contributed by atoms with E-state index in [0.717, 1.165) is 0 Å². The molecule has 1 unspecified atom stereocenters. The molecule has 0 saturated heterocycles. The van der Waals surface area contributed by atoms with E-state index < -0.39 is 29.7 Å². The molecule has 2 amide bonds. The number of hydrogen-bond donors (Lipinski definition) is 3. The van der Waals surface area contributed by atoms with E-state index in [4.69, 9.17) is 4.74 Å². The van der Waals surface area contributed by atoms with Gasteiger partial charge in [0.2, 0.25) is 0 Å². The summed E-state index contributed by atoms with van der Waals surface area (Å²) in [4.78, 5) is 23.0. The molecule has 106 valence electrons. The van der Waals surface area contributed by atoms with Gasteiger partial charge in [0, 0.05) is 6.54 Å². The van der Waals surface area contributed by atoms with Crippen molar-refractivity contribution in [3.05, 3.63) is 0 Å². The fraction of sp³-hybridized carbons (Fsp3) is 0.833. The molecule has 0 aromatic heterocycles. The molecule has 18 heavy (non-hydrogen) atoms. The number of carbonyl (C=O) groups excluding carboxylic acids is 2. The third-order valence-electron chi connectivity index (χ3n) is 2.14. The van der Waals surface area contributed by atoms with Crippen LogP contribution in [0.3, 0.4) is 0 Å². The highest BCUT2D eigenvalue weighted by molar-refractivity contribution is 5.82. The van der Waals surface area contributed by atoms with Crippen LogP contribution >= 0.6 is 0 Å². The average molecular weight is 260 g/mol. The van der Waals surface area contributed by atoms with Crippen molar-refractivity contribution in [2.75, 3.05) is 6.54 Å². The van der Waals surface area contributed by atoms with Crippen LogP contribution in [0.4, 0.5) is 4.79 Å².